The van der Waals surface area contributed by atoms with Crippen LogP contribution in [0.25, 0.3) is 44.8 Å². The van der Waals surface area contributed by atoms with Crippen LogP contribution in [0.15, 0.2) is 48.7 Å². The van der Waals surface area contributed by atoms with Crippen molar-refractivity contribution in [2.45, 2.75) is 128 Å². The highest BCUT2D eigenvalue weighted by molar-refractivity contribution is 5.84. The molecule has 2 amide bonds. The minimum atomic E-state index is -0.555. The maximum Gasteiger partial charge on any atom is 0.410 e. The van der Waals surface area contributed by atoms with E-state index in [-0.39, 0.29) is 24.3 Å². The quantitative estimate of drug-likeness (QED) is 0.181. The second kappa shape index (κ2) is 13.7. The summed E-state index contributed by atoms with van der Waals surface area (Å²) in [4.78, 5) is 46.3. The van der Waals surface area contributed by atoms with Crippen LogP contribution in [0.1, 0.15) is 140 Å². The van der Waals surface area contributed by atoms with Crippen LogP contribution < -0.4 is 0 Å². The van der Waals surface area contributed by atoms with Crippen molar-refractivity contribution >= 4 is 23.2 Å². The van der Waals surface area contributed by atoms with Gasteiger partial charge in [-0.1, -0.05) is 30.3 Å². The van der Waals surface area contributed by atoms with Crippen molar-refractivity contribution in [1.29, 1.82) is 0 Å². The lowest BCUT2D eigenvalue weighted by Gasteiger charge is -2.40. The molecule has 56 heavy (non-hydrogen) atoms. The van der Waals surface area contributed by atoms with Crippen molar-refractivity contribution in [3.05, 3.63) is 71.4 Å². The number of carbonyl (C=O) groups excluding carboxylic acids is 2. The van der Waals surface area contributed by atoms with Crippen LogP contribution in [0.2, 0.25) is 0 Å². The summed E-state index contributed by atoms with van der Waals surface area (Å²) in [6.07, 6.45) is 9.45. The molecular formula is C44H52N8O4. The molecule has 2 saturated heterocycles. The lowest BCUT2D eigenvalue weighted by Crippen LogP contribution is -2.36. The predicted octanol–water partition coefficient (Wildman–Crippen LogP) is 9.98. The summed E-state index contributed by atoms with van der Waals surface area (Å²) >= 11 is 0. The van der Waals surface area contributed by atoms with E-state index in [2.05, 4.69) is 52.4 Å². The number of aromatic nitrogens is 6. The summed E-state index contributed by atoms with van der Waals surface area (Å²) in [6, 6.07) is 14.6. The van der Waals surface area contributed by atoms with Crippen molar-refractivity contribution in [2.24, 2.45) is 0 Å². The summed E-state index contributed by atoms with van der Waals surface area (Å²) in [5.74, 6) is 2.48. The molecule has 2 bridgehead atoms. The van der Waals surface area contributed by atoms with E-state index < -0.39 is 11.2 Å². The average molecular weight is 757 g/mol. The fraction of sp³-hybridized carbons (Fsp3) is 0.500. The normalized spacial score (nSPS) is 22.2. The van der Waals surface area contributed by atoms with Gasteiger partial charge >= 0.3 is 12.2 Å². The third kappa shape index (κ3) is 6.81. The molecule has 3 fully saturated rings. The van der Waals surface area contributed by atoms with Crippen LogP contribution >= 0.6 is 0 Å². The molecule has 5 aliphatic rings. The number of nitrogens with one attached hydrogen (secondary N) is 2. The molecule has 1 saturated carbocycles. The summed E-state index contributed by atoms with van der Waals surface area (Å²) in [6.45, 7) is 12.7. The summed E-state index contributed by atoms with van der Waals surface area (Å²) < 4.78 is 11.4. The number of fused-ring (bicyclic) bond motifs is 3. The minimum absolute atomic E-state index is 0.133. The monoisotopic (exact) mass is 756 g/mol. The zero-order valence-electron chi connectivity index (χ0n) is 33.3. The Morgan fingerprint density at radius 1 is 0.661 bits per heavy atom. The third-order valence-electron chi connectivity index (χ3n) is 11.8. The Morgan fingerprint density at radius 3 is 1.75 bits per heavy atom. The number of nitrogens with zero attached hydrogens (tertiary/aromatic N) is 6. The molecule has 5 aromatic rings. The van der Waals surface area contributed by atoms with Gasteiger partial charge in [0.1, 0.15) is 22.9 Å². The van der Waals surface area contributed by atoms with Crippen LogP contribution in [-0.2, 0) is 9.47 Å². The number of likely N-dealkylation sites (tertiary alicyclic amines) is 2. The SMILES string of the molecule is CC(C)(C)OC(=O)N1CCC[C@H]1c1ncc(-c2ccc(-c3nnc(-c4ccc5nc([C@@H]6CCCN6C(=O)OC(C)(C)C)[nH]c5c4)c4c3C3CCC4CC3)cc2)[nH]1. The number of carbonyl (C=O) groups is 2. The van der Waals surface area contributed by atoms with Crippen LogP contribution in [0.4, 0.5) is 9.59 Å². The van der Waals surface area contributed by atoms with E-state index in [1.807, 2.05) is 47.7 Å². The van der Waals surface area contributed by atoms with Gasteiger partial charge in [-0.3, -0.25) is 9.80 Å². The highest BCUT2D eigenvalue weighted by Crippen LogP contribution is 2.54. The van der Waals surface area contributed by atoms with E-state index in [4.69, 9.17) is 29.6 Å². The van der Waals surface area contributed by atoms with E-state index >= 15 is 0 Å². The van der Waals surface area contributed by atoms with Crippen LogP contribution in [0, 0.1) is 0 Å². The standard InChI is InChI=1S/C44H52N8O4/c1-43(2,3)55-41(53)51-21-7-9-33(51)39-45-24-32(48-39)25-11-17-28(18-12-25)37-35-26-13-15-27(16-14-26)36(35)38(50-49-37)29-19-20-30-31(23-29)47-40(46-30)34-10-8-22-52(34)42(54)56-44(4,5)6/h11-12,17-20,23-24,26-27,33-34H,7-10,13-16,21-22H2,1-6H3,(H,45,48)(H,46,47)/t26?,27?,33-,34-/m0/s1. The second-order valence-corrected chi connectivity index (χ2v) is 18.1. The van der Waals surface area contributed by atoms with Gasteiger partial charge in [-0.25, -0.2) is 19.6 Å². The molecule has 0 radical (unpaired) electrons. The molecule has 12 heteroatoms. The highest BCUT2D eigenvalue weighted by atomic mass is 16.6. The topological polar surface area (TPSA) is 142 Å². The molecule has 0 spiro atoms. The van der Waals surface area contributed by atoms with E-state index in [1.54, 1.807) is 9.80 Å². The molecule has 5 heterocycles. The van der Waals surface area contributed by atoms with E-state index in [0.29, 0.717) is 24.9 Å². The Morgan fingerprint density at radius 2 is 1.18 bits per heavy atom. The maximum atomic E-state index is 13.0. The minimum Gasteiger partial charge on any atom is -0.444 e. The number of benzene rings is 2. The lowest BCUT2D eigenvalue weighted by molar-refractivity contribution is 0.0208. The Hall–Kier alpha value is -5.26. The molecule has 2 aliphatic heterocycles. The molecular weight excluding hydrogens is 705 g/mol. The zero-order chi connectivity index (χ0) is 38.9. The van der Waals surface area contributed by atoms with Crippen LogP contribution in [0.5, 0.6) is 0 Å². The maximum absolute atomic E-state index is 13.0. The average Bonchev–Trinajstić information content (AvgIpc) is 3.99. The van der Waals surface area contributed by atoms with Gasteiger partial charge < -0.3 is 19.4 Å². The smallest absolute Gasteiger partial charge is 0.410 e. The summed E-state index contributed by atoms with van der Waals surface area (Å²) in [7, 11) is 0. The Kier molecular flexibility index (Phi) is 8.93. The summed E-state index contributed by atoms with van der Waals surface area (Å²) in [5, 5.41) is 9.95. The lowest BCUT2D eigenvalue weighted by atomic mass is 9.65. The van der Waals surface area contributed by atoms with Crippen molar-refractivity contribution in [3.63, 3.8) is 0 Å². The van der Waals surface area contributed by atoms with E-state index in [0.717, 1.165) is 82.1 Å². The second-order valence-electron chi connectivity index (χ2n) is 18.1. The third-order valence-corrected chi connectivity index (χ3v) is 11.8. The Bertz CT molecular complexity index is 2290. The van der Waals surface area contributed by atoms with Gasteiger partial charge in [0.15, 0.2) is 0 Å². The molecule has 2 atom stereocenters. The first-order chi connectivity index (χ1) is 26.8. The highest BCUT2D eigenvalue weighted by Gasteiger charge is 2.39. The van der Waals surface area contributed by atoms with Gasteiger partial charge in [0.2, 0.25) is 0 Å². The number of ether oxygens (including phenoxy) is 2. The first-order valence-electron chi connectivity index (χ1n) is 20.3. The van der Waals surface area contributed by atoms with Gasteiger partial charge in [-0.2, -0.15) is 0 Å². The molecule has 3 aliphatic carbocycles. The van der Waals surface area contributed by atoms with Crippen molar-refractivity contribution in [1.82, 2.24) is 39.9 Å². The van der Waals surface area contributed by atoms with Gasteiger partial charge in [-0.15, -0.1) is 10.2 Å². The van der Waals surface area contributed by atoms with Crippen molar-refractivity contribution < 1.29 is 19.1 Å². The van der Waals surface area contributed by atoms with Crippen molar-refractivity contribution in [3.8, 4) is 33.8 Å². The number of hydrogen-bond acceptors (Lipinski definition) is 8. The first kappa shape index (κ1) is 36.4. The number of amides is 2. The molecule has 3 aromatic heterocycles. The van der Waals surface area contributed by atoms with E-state index in [9.17, 15) is 9.59 Å². The van der Waals surface area contributed by atoms with Gasteiger partial charge in [0.25, 0.3) is 0 Å². The first-order valence-corrected chi connectivity index (χ1v) is 20.3. The molecule has 292 valence electrons. The molecule has 2 aromatic carbocycles. The van der Waals surface area contributed by atoms with Crippen LogP contribution in [0.3, 0.4) is 0 Å². The van der Waals surface area contributed by atoms with Gasteiger partial charge in [0, 0.05) is 24.2 Å². The molecule has 0 unspecified atom stereocenters. The Labute approximate surface area is 327 Å². The number of rotatable bonds is 5. The number of aromatic amines is 2. The number of hydrogen-bond donors (Lipinski definition) is 2. The van der Waals surface area contributed by atoms with E-state index in [1.165, 1.54) is 36.8 Å². The predicted molar refractivity (Wildman–Crippen MR) is 214 cm³/mol. The van der Waals surface area contributed by atoms with Gasteiger partial charge in [-0.05, 0) is 134 Å². The van der Waals surface area contributed by atoms with Crippen LogP contribution in [-0.4, -0.2) is 76.4 Å². The van der Waals surface area contributed by atoms with Gasteiger partial charge in [0.05, 0.1) is 46.4 Å². The fourth-order valence-electron chi connectivity index (χ4n) is 9.36. The summed E-state index contributed by atoms with van der Waals surface area (Å²) in [5.41, 5.74) is 9.34. The molecule has 2 N–H and O–H groups in total. The fourth-order valence-corrected chi connectivity index (χ4v) is 9.36. The zero-order valence-corrected chi connectivity index (χ0v) is 33.3. The number of imidazole rings is 2. The molecule has 12 nitrogen and oxygen atoms in total. The largest absolute Gasteiger partial charge is 0.444 e. The molecule has 10 rings (SSSR count). The Balaban J connectivity index is 0.987. The van der Waals surface area contributed by atoms with Crippen molar-refractivity contribution in [2.75, 3.05) is 13.1 Å². The number of H-pyrrole nitrogens is 2.